The summed E-state index contributed by atoms with van der Waals surface area (Å²) in [5.74, 6) is 0.480. The van der Waals surface area contributed by atoms with E-state index in [1.54, 1.807) is 12.4 Å². The lowest BCUT2D eigenvalue weighted by molar-refractivity contribution is 0.866. The van der Waals surface area contributed by atoms with Gasteiger partial charge in [0.1, 0.15) is 5.52 Å². The highest BCUT2D eigenvalue weighted by Gasteiger charge is 2.10. The molecule has 0 aliphatic rings. The molecule has 5 heteroatoms. The van der Waals surface area contributed by atoms with Gasteiger partial charge in [-0.25, -0.2) is 4.98 Å². The van der Waals surface area contributed by atoms with Gasteiger partial charge in [-0.05, 0) is 44.2 Å². The van der Waals surface area contributed by atoms with E-state index >= 15 is 0 Å². The third-order valence-corrected chi connectivity index (χ3v) is 3.72. The van der Waals surface area contributed by atoms with Gasteiger partial charge < -0.3 is 10.6 Å². The van der Waals surface area contributed by atoms with E-state index < -0.39 is 0 Å². The van der Waals surface area contributed by atoms with Crippen molar-refractivity contribution < 1.29 is 0 Å². The Morgan fingerprint density at radius 1 is 1.10 bits per heavy atom. The van der Waals surface area contributed by atoms with Crippen molar-refractivity contribution >= 4 is 22.7 Å². The Morgan fingerprint density at radius 2 is 1.81 bits per heavy atom. The fourth-order valence-electron chi connectivity index (χ4n) is 2.62. The van der Waals surface area contributed by atoms with Gasteiger partial charge in [-0.15, -0.1) is 0 Å². The first-order chi connectivity index (χ1) is 10.2. The van der Waals surface area contributed by atoms with Crippen molar-refractivity contribution in [1.82, 2.24) is 14.5 Å². The molecule has 2 heterocycles. The second-order valence-electron chi connectivity index (χ2n) is 4.86. The van der Waals surface area contributed by atoms with Crippen LogP contribution in [0.1, 0.15) is 13.8 Å². The van der Waals surface area contributed by atoms with Crippen LogP contribution in [0, 0.1) is 0 Å². The Hall–Kier alpha value is -2.56. The standard InChI is InChI=1S/C16H19N5/c1-3-20(4-2)12-5-7-13(8-6-12)21-15-9-10-18-11-14(15)19-16(21)17/h5-11H,3-4H2,1-2H3,(H2,17,19). The van der Waals surface area contributed by atoms with Crippen LogP contribution < -0.4 is 10.6 Å². The molecule has 0 saturated carbocycles. The SMILES string of the molecule is CCN(CC)c1ccc(-n2c(N)nc3cnccc32)cc1. The summed E-state index contributed by atoms with van der Waals surface area (Å²) in [7, 11) is 0. The van der Waals surface area contributed by atoms with E-state index in [2.05, 4.69) is 53.0 Å². The van der Waals surface area contributed by atoms with Gasteiger partial charge in [0.15, 0.2) is 0 Å². The molecule has 108 valence electrons. The average molecular weight is 281 g/mol. The van der Waals surface area contributed by atoms with Crippen LogP contribution in [0.2, 0.25) is 0 Å². The number of anilines is 2. The number of rotatable bonds is 4. The number of nitrogens with zero attached hydrogens (tertiary/aromatic N) is 4. The Bertz CT molecular complexity index is 741. The Kier molecular flexibility index (Phi) is 3.48. The van der Waals surface area contributed by atoms with E-state index in [0.29, 0.717) is 5.95 Å². The minimum absolute atomic E-state index is 0.480. The van der Waals surface area contributed by atoms with Gasteiger partial charge in [-0.1, -0.05) is 0 Å². The van der Waals surface area contributed by atoms with Crippen molar-refractivity contribution in [3.63, 3.8) is 0 Å². The maximum atomic E-state index is 6.05. The van der Waals surface area contributed by atoms with Gasteiger partial charge >= 0.3 is 0 Å². The van der Waals surface area contributed by atoms with Gasteiger partial charge in [0, 0.05) is 30.7 Å². The van der Waals surface area contributed by atoms with E-state index in [1.807, 2.05) is 10.6 Å². The van der Waals surface area contributed by atoms with E-state index in [9.17, 15) is 0 Å². The molecule has 2 N–H and O–H groups in total. The molecule has 5 nitrogen and oxygen atoms in total. The number of hydrogen-bond donors (Lipinski definition) is 1. The molecule has 0 atom stereocenters. The predicted octanol–water partition coefficient (Wildman–Crippen LogP) is 2.85. The normalized spacial score (nSPS) is 11.0. The highest BCUT2D eigenvalue weighted by molar-refractivity contribution is 5.79. The van der Waals surface area contributed by atoms with Crippen molar-refractivity contribution in [2.45, 2.75) is 13.8 Å². The van der Waals surface area contributed by atoms with Crippen molar-refractivity contribution in [3.05, 3.63) is 42.7 Å². The maximum absolute atomic E-state index is 6.05. The van der Waals surface area contributed by atoms with Crippen LogP contribution in [0.4, 0.5) is 11.6 Å². The van der Waals surface area contributed by atoms with Crippen LogP contribution in [-0.2, 0) is 0 Å². The fourth-order valence-corrected chi connectivity index (χ4v) is 2.62. The molecule has 0 fully saturated rings. The second kappa shape index (κ2) is 5.44. The first kappa shape index (κ1) is 13.4. The molecule has 3 aromatic rings. The zero-order valence-corrected chi connectivity index (χ0v) is 12.3. The smallest absolute Gasteiger partial charge is 0.205 e. The summed E-state index contributed by atoms with van der Waals surface area (Å²) in [5.41, 5.74) is 10.1. The molecule has 0 unspecified atom stereocenters. The first-order valence-electron chi connectivity index (χ1n) is 7.18. The van der Waals surface area contributed by atoms with Crippen LogP contribution in [0.5, 0.6) is 0 Å². The summed E-state index contributed by atoms with van der Waals surface area (Å²) in [6, 6.07) is 10.3. The fraction of sp³-hybridized carbons (Fsp3) is 0.250. The van der Waals surface area contributed by atoms with Crippen LogP contribution in [-0.4, -0.2) is 27.6 Å². The largest absolute Gasteiger partial charge is 0.372 e. The summed E-state index contributed by atoms with van der Waals surface area (Å²) < 4.78 is 1.95. The van der Waals surface area contributed by atoms with Gasteiger partial charge in [0.25, 0.3) is 0 Å². The number of imidazole rings is 1. The minimum Gasteiger partial charge on any atom is -0.372 e. The summed E-state index contributed by atoms with van der Waals surface area (Å²) in [6.45, 7) is 6.31. The summed E-state index contributed by atoms with van der Waals surface area (Å²) in [4.78, 5) is 10.7. The Morgan fingerprint density at radius 3 is 2.48 bits per heavy atom. The molecule has 1 aromatic carbocycles. The maximum Gasteiger partial charge on any atom is 0.205 e. The van der Waals surface area contributed by atoms with E-state index in [-0.39, 0.29) is 0 Å². The van der Waals surface area contributed by atoms with E-state index in [0.717, 1.165) is 29.8 Å². The lowest BCUT2D eigenvalue weighted by Gasteiger charge is -2.21. The summed E-state index contributed by atoms with van der Waals surface area (Å²) >= 11 is 0. The molecule has 0 aliphatic carbocycles. The molecule has 0 bridgehead atoms. The van der Waals surface area contributed by atoms with Crippen LogP contribution >= 0.6 is 0 Å². The van der Waals surface area contributed by atoms with Gasteiger partial charge in [0.05, 0.1) is 11.7 Å². The minimum atomic E-state index is 0.480. The number of hydrogen-bond acceptors (Lipinski definition) is 4. The third kappa shape index (κ3) is 2.31. The quantitative estimate of drug-likeness (QED) is 0.799. The summed E-state index contributed by atoms with van der Waals surface area (Å²) in [6.07, 6.45) is 3.48. The molecule has 0 radical (unpaired) electrons. The highest BCUT2D eigenvalue weighted by Crippen LogP contribution is 2.24. The zero-order chi connectivity index (χ0) is 14.8. The van der Waals surface area contributed by atoms with Crippen molar-refractivity contribution in [2.75, 3.05) is 23.7 Å². The Labute approximate surface area is 124 Å². The van der Waals surface area contributed by atoms with Crippen molar-refractivity contribution in [3.8, 4) is 5.69 Å². The second-order valence-corrected chi connectivity index (χ2v) is 4.86. The lowest BCUT2D eigenvalue weighted by Crippen LogP contribution is -2.21. The Balaban J connectivity index is 2.05. The number of fused-ring (bicyclic) bond motifs is 1. The number of benzene rings is 1. The van der Waals surface area contributed by atoms with E-state index in [1.165, 1.54) is 5.69 Å². The number of nitrogen functional groups attached to an aromatic ring is 1. The van der Waals surface area contributed by atoms with Crippen molar-refractivity contribution in [2.24, 2.45) is 0 Å². The summed E-state index contributed by atoms with van der Waals surface area (Å²) in [5, 5.41) is 0. The van der Waals surface area contributed by atoms with Gasteiger partial charge in [0.2, 0.25) is 5.95 Å². The molecule has 2 aromatic heterocycles. The number of pyridine rings is 1. The third-order valence-electron chi connectivity index (χ3n) is 3.72. The monoisotopic (exact) mass is 281 g/mol. The topological polar surface area (TPSA) is 60.0 Å². The molecular weight excluding hydrogens is 262 g/mol. The lowest BCUT2D eigenvalue weighted by atomic mass is 10.2. The molecule has 21 heavy (non-hydrogen) atoms. The first-order valence-corrected chi connectivity index (χ1v) is 7.18. The molecule has 0 saturated heterocycles. The highest BCUT2D eigenvalue weighted by atomic mass is 15.2. The molecule has 3 rings (SSSR count). The van der Waals surface area contributed by atoms with Crippen LogP contribution in [0.15, 0.2) is 42.7 Å². The zero-order valence-electron chi connectivity index (χ0n) is 12.3. The van der Waals surface area contributed by atoms with Crippen molar-refractivity contribution in [1.29, 1.82) is 0 Å². The predicted molar refractivity (Wildman–Crippen MR) is 86.8 cm³/mol. The van der Waals surface area contributed by atoms with E-state index in [4.69, 9.17) is 5.73 Å². The average Bonchev–Trinajstić information content (AvgIpc) is 2.85. The number of aromatic nitrogens is 3. The molecule has 0 amide bonds. The van der Waals surface area contributed by atoms with Crippen LogP contribution in [0.3, 0.4) is 0 Å². The molecular formula is C16H19N5. The number of nitrogens with two attached hydrogens (primary N) is 1. The molecule has 0 spiro atoms. The molecule has 0 aliphatic heterocycles. The van der Waals surface area contributed by atoms with Gasteiger partial charge in [-0.2, -0.15) is 0 Å². The van der Waals surface area contributed by atoms with Crippen LogP contribution in [0.25, 0.3) is 16.7 Å². The van der Waals surface area contributed by atoms with Gasteiger partial charge in [-0.3, -0.25) is 9.55 Å².